The number of aromatic carboxylic acids is 1. The molecule has 0 radical (unpaired) electrons. The summed E-state index contributed by atoms with van der Waals surface area (Å²) in [5, 5.41) is 20.0. The lowest BCUT2D eigenvalue weighted by Gasteiger charge is -2.08. The summed E-state index contributed by atoms with van der Waals surface area (Å²) >= 11 is 1.96. The van der Waals surface area contributed by atoms with Crippen LogP contribution < -0.4 is 4.74 Å². The van der Waals surface area contributed by atoms with E-state index in [4.69, 9.17) is 9.84 Å². The molecule has 0 spiro atoms. The Bertz CT molecular complexity index is 689. The van der Waals surface area contributed by atoms with Crippen molar-refractivity contribution in [3.05, 3.63) is 55.8 Å². The van der Waals surface area contributed by atoms with Crippen LogP contribution in [0.4, 0.5) is 5.69 Å². The summed E-state index contributed by atoms with van der Waals surface area (Å²) in [4.78, 5) is 25.1. The molecular formula is C12H7IN2O5. The van der Waals surface area contributed by atoms with E-state index in [2.05, 4.69) is 4.98 Å². The second kappa shape index (κ2) is 5.82. The molecule has 0 aliphatic heterocycles. The van der Waals surface area contributed by atoms with Crippen LogP contribution in [0.5, 0.6) is 11.6 Å². The minimum atomic E-state index is -1.18. The lowest BCUT2D eigenvalue weighted by molar-refractivity contribution is -0.386. The summed E-state index contributed by atoms with van der Waals surface area (Å²) in [5.74, 6) is -1.43. The van der Waals surface area contributed by atoms with Crippen molar-refractivity contribution in [2.75, 3.05) is 0 Å². The lowest BCUT2D eigenvalue weighted by Crippen LogP contribution is -2.02. The van der Waals surface area contributed by atoms with Gasteiger partial charge in [-0.25, -0.2) is 9.78 Å². The number of carboxylic acids is 1. The topological polar surface area (TPSA) is 103 Å². The van der Waals surface area contributed by atoms with Gasteiger partial charge in [0.25, 0.3) is 5.88 Å². The third kappa shape index (κ3) is 3.02. The first-order chi connectivity index (χ1) is 9.49. The van der Waals surface area contributed by atoms with Crippen molar-refractivity contribution in [2.45, 2.75) is 0 Å². The van der Waals surface area contributed by atoms with E-state index in [0.29, 0.717) is 3.57 Å². The number of rotatable bonds is 4. The highest BCUT2D eigenvalue weighted by atomic mass is 127. The lowest BCUT2D eigenvalue weighted by atomic mass is 10.2. The molecule has 0 aliphatic carbocycles. The Morgan fingerprint density at radius 3 is 2.80 bits per heavy atom. The zero-order valence-corrected chi connectivity index (χ0v) is 12.0. The number of carboxylic acid groups (broad SMARTS) is 1. The van der Waals surface area contributed by atoms with Crippen LogP contribution in [0.25, 0.3) is 0 Å². The quantitative estimate of drug-likeness (QED) is 0.492. The van der Waals surface area contributed by atoms with Crippen LogP contribution in [-0.2, 0) is 0 Å². The van der Waals surface area contributed by atoms with Gasteiger partial charge in [-0.3, -0.25) is 10.1 Å². The number of benzene rings is 1. The molecule has 1 aromatic heterocycles. The van der Waals surface area contributed by atoms with E-state index in [1.807, 2.05) is 22.6 Å². The predicted molar refractivity (Wildman–Crippen MR) is 77.1 cm³/mol. The molecule has 1 heterocycles. The first-order valence-corrected chi connectivity index (χ1v) is 6.37. The zero-order chi connectivity index (χ0) is 14.7. The van der Waals surface area contributed by atoms with Crippen LogP contribution in [0.15, 0.2) is 36.5 Å². The molecule has 0 amide bonds. The summed E-state index contributed by atoms with van der Waals surface area (Å²) in [7, 11) is 0. The van der Waals surface area contributed by atoms with Crippen molar-refractivity contribution < 1.29 is 19.6 Å². The van der Waals surface area contributed by atoms with Gasteiger partial charge in [0.2, 0.25) is 0 Å². The highest BCUT2D eigenvalue weighted by Gasteiger charge is 2.19. The fourth-order valence-corrected chi connectivity index (χ4v) is 1.95. The van der Waals surface area contributed by atoms with Gasteiger partial charge in [-0.2, -0.15) is 0 Å². The SMILES string of the molecule is O=C(O)c1cc(I)ccc1Oc1ncccc1[N+](=O)[O-]. The Labute approximate surface area is 126 Å². The minimum Gasteiger partial charge on any atom is -0.478 e. The van der Waals surface area contributed by atoms with E-state index in [-0.39, 0.29) is 22.9 Å². The van der Waals surface area contributed by atoms with E-state index in [0.717, 1.165) is 0 Å². The number of carbonyl (C=O) groups is 1. The molecular weight excluding hydrogens is 379 g/mol. The fourth-order valence-electron chi connectivity index (χ4n) is 1.46. The van der Waals surface area contributed by atoms with Gasteiger partial charge in [0, 0.05) is 15.8 Å². The third-order valence-electron chi connectivity index (χ3n) is 2.33. The van der Waals surface area contributed by atoms with Gasteiger partial charge in [-0.15, -0.1) is 0 Å². The number of hydrogen-bond acceptors (Lipinski definition) is 5. The Balaban J connectivity index is 2.45. The van der Waals surface area contributed by atoms with Crippen LogP contribution in [0, 0.1) is 13.7 Å². The monoisotopic (exact) mass is 386 g/mol. The zero-order valence-electron chi connectivity index (χ0n) is 9.82. The van der Waals surface area contributed by atoms with E-state index < -0.39 is 10.9 Å². The van der Waals surface area contributed by atoms with E-state index in [9.17, 15) is 14.9 Å². The van der Waals surface area contributed by atoms with Crippen molar-refractivity contribution in [1.29, 1.82) is 0 Å². The summed E-state index contributed by atoms with van der Waals surface area (Å²) in [6.45, 7) is 0. The van der Waals surface area contributed by atoms with Crippen molar-refractivity contribution in [3.8, 4) is 11.6 Å². The molecule has 0 unspecified atom stereocenters. The molecule has 8 heteroatoms. The van der Waals surface area contributed by atoms with Gasteiger partial charge >= 0.3 is 11.7 Å². The van der Waals surface area contributed by atoms with Crippen molar-refractivity contribution in [3.63, 3.8) is 0 Å². The second-order valence-electron chi connectivity index (χ2n) is 3.63. The summed E-state index contributed by atoms with van der Waals surface area (Å²) in [6.07, 6.45) is 1.33. The molecule has 2 aromatic rings. The highest BCUT2D eigenvalue weighted by molar-refractivity contribution is 14.1. The van der Waals surface area contributed by atoms with Crippen molar-refractivity contribution >= 4 is 34.2 Å². The Morgan fingerprint density at radius 2 is 2.15 bits per heavy atom. The van der Waals surface area contributed by atoms with Gasteiger partial charge in [-0.05, 0) is 46.9 Å². The van der Waals surface area contributed by atoms with E-state index in [1.165, 1.54) is 30.5 Å². The molecule has 0 fully saturated rings. The molecule has 0 saturated carbocycles. The van der Waals surface area contributed by atoms with Crippen LogP contribution >= 0.6 is 22.6 Å². The number of nitrogens with zero attached hydrogens (tertiary/aromatic N) is 2. The summed E-state index contributed by atoms with van der Waals surface area (Å²) < 4.78 is 5.99. The van der Waals surface area contributed by atoms with Gasteiger partial charge in [0.1, 0.15) is 11.3 Å². The molecule has 0 aliphatic rings. The molecule has 1 N–H and O–H groups in total. The fraction of sp³-hybridized carbons (Fsp3) is 0. The Hall–Kier alpha value is -2.23. The van der Waals surface area contributed by atoms with E-state index in [1.54, 1.807) is 6.07 Å². The standard InChI is InChI=1S/C12H7IN2O5/c13-7-3-4-10(8(6-7)12(16)17)20-11-9(15(18)19)2-1-5-14-11/h1-6H,(H,16,17). The maximum absolute atomic E-state index is 11.1. The van der Waals surface area contributed by atoms with Gasteiger partial charge < -0.3 is 9.84 Å². The molecule has 0 saturated heterocycles. The summed E-state index contributed by atoms with van der Waals surface area (Å²) in [6, 6.07) is 7.11. The molecule has 20 heavy (non-hydrogen) atoms. The average molecular weight is 386 g/mol. The number of hydrogen-bond donors (Lipinski definition) is 1. The van der Waals surface area contributed by atoms with E-state index >= 15 is 0 Å². The number of halogens is 1. The number of aromatic nitrogens is 1. The maximum atomic E-state index is 11.1. The summed E-state index contributed by atoms with van der Waals surface area (Å²) in [5.41, 5.74) is -0.417. The van der Waals surface area contributed by atoms with Gasteiger partial charge in [0.05, 0.1) is 4.92 Å². The normalized spacial score (nSPS) is 10.1. The van der Waals surface area contributed by atoms with Crippen LogP contribution in [0.3, 0.4) is 0 Å². The largest absolute Gasteiger partial charge is 0.478 e. The number of ether oxygens (including phenoxy) is 1. The van der Waals surface area contributed by atoms with Crippen LogP contribution in [-0.4, -0.2) is 21.0 Å². The van der Waals surface area contributed by atoms with Crippen LogP contribution in [0.1, 0.15) is 10.4 Å². The maximum Gasteiger partial charge on any atom is 0.339 e. The number of pyridine rings is 1. The van der Waals surface area contributed by atoms with Crippen molar-refractivity contribution in [1.82, 2.24) is 4.98 Å². The average Bonchev–Trinajstić information content (AvgIpc) is 2.41. The molecule has 1 aromatic carbocycles. The van der Waals surface area contributed by atoms with Crippen molar-refractivity contribution in [2.24, 2.45) is 0 Å². The molecule has 2 rings (SSSR count). The molecule has 0 bridgehead atoms. The predicted octanol–water partition coefficient (Wildman–Crippen LogP) is 3.08. The molecule has 7 nitrogen and oxygen atoms in total. The highest BCUT2D eigenvalue weighted by Crippen LogP contribution is 2.31. The third-order valence-corrected chi connectivity index (χ3v) is 3.00. The van der Waals surface area contributed by atoms with Gasteiger partial charge in [0.15, 0.2) is 0 Å². The first-order valence-electron chi connectivity index (χ1n) is 5.29. The molecule has 102 valence electrons. The first kappa shape index (κ1) is 14.2. The number of nitro groups is 1. The van der Waals surface area contributed by atoms with Gasteiger partial charge in [-0.1, -0.05) is 0 Å². The minimum absolute atomic E-state index is 0.000263. The Morgan fingerprint density at radius 1 is 1.40 bits per heavy atom. The Kier molecular flexibility index (Phi) is 4.13. The smallest absolute Gasteiger partial charge is 0.339 e. The second-order valence-corrected chi connectivity index (χ2v) is 4.88. The van der Waals surface area contributed by atoms with Crippen LogP contribution in [0.2, 0.25) is 0 Å². The molecule has 0 atom stereocenters.